The van der Waals surface area contributed by atoms with Gasteiger partial charge in [0.1, 0.15) is 11.6 Å². The van der Waals surface area contributed by atoms with Gasteiger partial charge in [0.25, 0.3) is 5.56 Å². The first-order valence-electron chi connectivity index (χ1n) is 7.04. The van der Waals surface area contributed by atoms with Gasteiger partial charge in [-0.2, -0.15) is 5.26 Å². The van der Waals surface area contributed by atoms with Crippen molar-refractivity contribution < 1.29 is 5.11 Å². The Bertz CT molecular complexity index is 859. The van der Waals surface area contributed by atoms with Gasteiger partial charge in [0, 0.05) is 16.7 Å². The maximum absolute atomic E-state index is 12.3. The number of nitriles is 1. The molecule has 0 saturated heterocycles. The summed E-state index contributed by atoms with van der Waals surface area (Å²) in [6.07, 6.45) is 1.48. The van der Waals surface area contributed by atoms with Crippen LogP contribution in [0.15, 0.2) is 38.5 Å². The zero-order valence-corrected chi connectivity index (χ0v) is 14.6. The van der Waals surface area contributed by atoms with E-state index in [1.807, 2.05) is 30.3 Å². The molecule has 1 aromatic heterocycles. The fourth-order valence-corrected chi connectivity index (χ4v) is 2.51. The first kappa shape index (κ1) is 17.0. The van der Waals surface area contributed by atoms with E-state index in [0.717, 1.165) is 4.47 Å². The van der Waals surface area contributed by atoms with Gasteiger partial charge in [-0.15, -0.1) is 0 Å². The normalized spacial score (nSPS) is 11.1. The first-order chi connectivity index (χ1) is 10.9. The van der Waals surface area contributed by atoms with E-state index in [-0.39, 0.29) is 17.5 Å². The Balaban J connectivity index is 2.62. The number of hydrogen-bond acceptors (Lipinski definition) is 4. The molecule has 1 N–H and O–H groups in total. The minimum absolute atomic E-state index is 0.0220. The summed E-state index contributed by atoms with van der Waals surface area (Å²) < 4.78 is 2.14. The molecule has 0 atom stereocenters. The largest absolute Gasteiger partial charge is 0.494 e. The zero-order valence-electron chi connectivity index (χ0n) is 13.0. The van der Waals surface area contributed by atoms with E-state index in [0.29, 0.717) is 16.8 Å². The van der Waals surface area contributed by atoms with Gasteiger partial charge < -0.3 is 5.11 Å². The van der Waals surface area contributed by atoms with Crippen molar-refractivity contribution in [3.05, 3.63) is 55.8 Å². The van der Waals surface area contributed by atoms with Crippen LogP contribution in [0, 0.1) is 18.3 Å². The third-order valence-electron chi connectivity index (χ3n) is 3.48. The molecule has 0 aliphatic carbocycles. The highest BCUT2D eigenvalue weighted by Crippen LogP contribution is 2.24. The Labute approximate surface area is 142 Å². The number of aliphatic imine (C=N–C) groups is 1. The number of halogens is 1. The summed E-state index contributed by atoms with van der Waals surface area (Å²) in [5.41, 5.74) is 1.03. The van der Waals surface area contributed by atoms with Crippen LogP contribution in [-0.2, 0) is 0 Å². The monoisotopic (exact) mass is 373 g/mol. The Kier molecular flexibility index (Phi) is 5.02. The molecule has 0 fully saturated rings. The van der Waals surface area contributed by atoms with Crippen LogP contribution in [0.2, 0.25) is 0 Å². The van der Waals surface area contributed by atoms with E-state index >= 15 is 0 Å². The molecule has 23 heavy (non-hydrogen) atoms. The summed E-state index contributed by atoms with van der Waals surface area (Å²) in [5, 5.41) is 19.7. The lowest BCUT2D eigenvalue weighted by atomic mass is 10.1. The first-order valence-corrected chi connectivity index (χ1v) is 7.84. The van der Waals surface area contributed by atoms with E-state index in [2.05, 4.69) is 20.9 Å². The van der Waals surface area contributed by atoms with Gasteiger partial charge in [0.15, 0.2) is 0 Å². The Morgan fingerprint density at radius 3 is 2.48 bits per heavy atom. The number of benzene rings is 1. The molecule has 0 radical (unpaired) electrons. The number of aromatic hydroxyl groups is 1. The van der Waals surface area contributed by atoms with Crippen molar-refractivity contribution in [3.8, 4) is 11.9 Å². The van der Waals surface area contributed by atoms with Crippen LogP contribution in [-0.4, -0.2) is 15.9 Å². The molecule has 5 nitrogen and oxygen atoms in total. The molecular weight excluding hydrogens is 358 g/mol. The standard InChI is InChI=1S/C17H16BrN3O2/c1-10(2)21-16(22)14(8-19)11(3)15(17(21)23)9-20-13-6-4-12(18)5-7-13/h4-7,9-10,23H,1-3H3. The number of aromatic nitrogens is 1. The van der Waals surface area contributed by atoms with Gasteiger partial charge in [-0.3, -0.25) is 14.4 Å². The van der Waals surface area contributed by atoms with Crippen molar-refractivity contribution in [2.45, 2.75) is 26.8 Å². The van der Waals surface area contributed by atoms with Crippen molar-refractivity contribution in [1.82, 2.24) is 4.57 Å². The third kappa shape index (κ3) is 3.35. The second kappa shape index (κ2) is 6.80. The summed E-state index contributed by atoms with van der Waals surface area (Å²) in [7, 11) is 0. The molecular formula is C17H16BrN3O2. The molecule has 0 saturated carbocycles. The second-order valence-corrected chi connectivity index (χ2v) is 6.27. The second-order valence-electron chi connectivity index (χ2n) is 5.35. The highest BCUT2D eigenvalue weighted by atomic mass is 79.9. The predicted octanol–water partition coefficient (Wildman–Crippen LogP) is 3.83. The molecule has 118 valence electrons. The lowest BCUT2D eigenvalue weighted by molar-refractivity contribution is 0.386. The zero-order chi connectivity index (χ0) is 17.1. The minimum Gasteiger partial charge on any atom is -0.494 e. The highest BCUT2D eigenvalue weighted by molar-refractivity contribution is 9.10. The maximum atomic E-state index is 12.3. The smallest absolute Gasteiger partial charge is 0.271 e. The quantitative estimate of drug-likeness (QED) is 0.830. The van der Waals surface area contributed by atoms with Crippen molar-refractivity contribution >= 4 is 27.8 Å². The van der Waals surface area contributed by atoms with E-state index in [4.69, 9.17) is 0 Å². The summed E-state index contributed by atoms with van der Waals surface area (Å²) in [5.74, 6) is -0.178. The Hall–Kier alpha value is -2.39. The van der Waals surface area contributed by atoms with Crippen LogP contribution in [0.5, 0.6) is 5.88 Å². The number of pyridine rings is 1. The lowest BCUT2D eigenvalue weighted by Crippen LogP contribution is -2.26. The molecule has 0 spiro atoms. The van der Waals surface area contributed by atoms with E-state index in [1.165, 1.54) is 10.8 Å². The van der Waals surface area contributed by atoms with Gasteiger partial charge in [-0.05, 0) is 50.6 Å². The van der Waals surface area contributed by atoms with Crippen molar-refractivity contribution in [3.63, 3.8) is 0 Å². The lowest BCUT2D eigenvalue weighted by Gasteiger charge is -2.16. The van der Waals surface area contributed by atoms with Crippen molar-refractivity contribution in [1.29, 1.82) is 5.26 Å². The minimum atomic E-state index is -0.488. The van der Waals surface area contributed by atoms with Gasteiger partial charge in [-0.25, -0.2) is 0 Å². The third-order valence-corrected chi connectivity index (χ3v) is 4.01. The van der Waals surface area contributed by atoms with Crippen LogP contribution < -0.4 is 5.56 Å². The number of nitrogens with zero attached hydrogens (tertiary/aromatic N) is 3. The summed E-state index contributed by atoms with van der Waals surface area (Å²) in [6, 6.07) is 9.00. The van der Waals surface area contributed by atoms with Gasteiger partial charge in [0.2, 0.25) is 5.88 Å². The molecule has 1 heterocycles. The average molecular weight is 374 g/mol. The van der Waals surface area contributed by atoms with E-state index in [1.54, 1.807) is 20.8 Å². The molecule has 6 heteroatoms. The van der Waals surface area contributed by atoms with Gasteiger partial charge >= 0.3 is 0 Å². The highest BCUT2D eigenvalue weighted by Gasteiger charge is 2.19. The molecule has 0 aliphatic heterocycles. The maximum Gasteiger partial charge on any atom is 0.271 e. The van der Waals surface area contributed by atoms with Crippen LogP contribution in [0.3, 0.4) is 0 Å². The van der Waals surface area contributed by atoms with Crippen LogP contribution in [0.4, 0.5) is 5.69 Å². The van der Waals surface area contributed by atoms with Crippen LogP contribution >= 0.6 is 15.9 Å². The Morgan fingerprint density at radius 2 is 1.96 bits per heavy atom. The summed E-state index contributed by atoms with van der Waals surface area (Å²) in [4.78, 5) is 16.6. The number of hydrogen-bond donors (Lipinski definition) is 1. The summed E-state index contributed by atoms with van der Waals surface area (Å²) >= 11 is 3.35. The average Bonchev–Trinajstić information content (AvgIpc) is 2.49. The van der Waals surface area contributed by atoms with E-state index in [9.17, 15) is 15.2 Å². The fraction of sp³-hybridized carbons (Fsp3) is 0.235. The van der Waals surface area contributed by atoms with Crippen molar-refractivity contribution in [2.24, 2.45) is 4.99 Å². The van der Waals surface area contributed by atoms with Gasteiger partial charge in [0.05, 0.1) is 11.3 Å². The van der Waals surface area contributed by atoms with Crippen LogP contribution in [0.1, 0.15) is 36.6 Å². The molecule has 2 rings (SSSR count). The molecule has 1 aromatic carbocycles. The topological polar surface area (TPSA) is 78.4 Å². The molecule has 0 aliphatic rings. The van der Waals surface area contributed by atoms with Gasteiger partial charge in [-0.1, -0.05) is 15.9 Å². The predicted molar refractivity (Wildman–Crippen MR) is 93.6 cm³/mol. The fourth-order valence-electron chi connectivity index (χ4n) is 2.24. The Morgan fingerprint density at radius 1 is 1.35 bits per heavy atom. The summed E-state index contributed by atoms with van der Waals surface area (Å²) in [6.45, 7) is 5.17. The molecule has 0 amide bonds. The van der Waals surface area contributed by atoms with Crippen LogP contribution in [0.25, 0.3) is 0 Å². The molecule has 0 bridgehead atoms. The molecule has 0 unspecified atom stereocenters. The molecule has 2 aromatic rings. The SMILES string of the molecule is Cc1c(C=Nc2ccc(Br)cc2)c(O)n(C(C)C)c(=O)c1C#N. The van der Waals surface area contributed by atoms with E-state index < -0.39 is 5.56 Å². The number of rotatable bonds is 3. The van der Waals surface area contributed by atoms with Crippen molar-refractivity contribution in [2.75, 3.05) is 0 Å².